The molecular weight excluding hydrogens is 543 g/mol. The Morgan fingerprint density at radius 1 is 1.15 bits per heavy atom. The van der Waals surface area contributed by atoms with E-state index >= 15 is 0 Å². The Balaban J connectivity index is 1.31. The maximum Gasteiger partial charge on any atom is 0.264 e. The molecule has 6 rings (SSSR count). The van der Waals surface area contributed by atoms with Crippen molar-refractivity contribution in [3.05, 3.63) is 102 Å². The van der Waals surface area contributed by atoms with Crippen molar-refractivity contribution in [3.8, 4) is 11.4 Å². The van der Waals surface area contributed by atoms with Gasteiger partial charge < -0.3 is 4.74 Å². The highest BCUT2D eigenvalue weighted by Gasteiger charge is 2.71. The molecule has 2 fully saturated rings. The second-order valence-corrected chi connectivity index (χ2v) is 12.6. The number of ether oxygens (including phenoxy) is 1. The Morgan fingerprint density at radius 3 is 2.56 bits per heavy atom. The van der Waals surface area contributed by atoms with Crippen LogP contribution in [0.5, 0.6) is 5.75 Å². The lowest BCUT2D eigenvalue weighted by atomic mass is 9.88. The van der Waals surface area contributed by atoms with Crippen LogP contribution in [-0.4, -0.2) is 57.2 Å². The third kappa shape index (κ3) is 4.68. The highest BCUT2D eigenvalue weighted by atomic mass is 32.2. The van der Waals surface area contributed by atoms with Crippen LogP contribution in [0.4, 0.5) is 4.39 Å². The standard InChI is InChI=1S/C30H31FN6O3S/c1-20(14-28-21(2)15-33-37(28)24-12-10-23(31)11-13-24)22(3)30-19-36(41(38,39)29-16-32-35(4)34-29)17-26(30)27(30)18-40-25-8-6-5-7-9-25/h5-16,26-27H,3,17-19H2,1-2,4H3/b20-14-/t26-,27-,30+/m0/s1. The van der Waals surface area contributed by atoms with E-state index < -0.39 is 15.4 Å². The topological polar surface area (TPSA) is 95.1 Å². The number of nitrogens with zero attached hydrogens (tertiary/aromatic N) is 6. The number of benzene rings is 2. The molecule has 0 spiro atoms. The summed E-state index contributed by atoms with van der Waals surface area (Å²) in [6.45, 7) is 9.55. The van der Waals surface area contributed by atoms with Crippen molar-refractivity contribution in [1.82, 2.24) is 29.1 Å². The molecule has 9 nitrogen and oxygen atoms in total. The van der Waals surface area contributed by atoms with Gasteiger partial charge in [-0.25, -0.2) is 17.5 Å². The van der Waals surface area contributed by atoms with E-state index in [0.29, 0.717) is 13.2 Å². The van der Waals surface area contributed by atoms with Crippen molar-refractivity contribution in [3.63, 3.8) is 0 Å². The maximum absolute atomic E-state index is 13.6. The fraction of sp³-hybridized carbons (Fsp3) is 0.300. The number of aryl methyl sites for hydroxylation is 2. The van der Waals surface area contributed by atoms with E-state index in [1.54, 1.807) is 30.1 Å². The molecule has 2 aliphatic rings. The molecule has 1 aliphatic heterocycles. The molecule has 0 bridgehead atoms. The van der Waals surface area contributed by atoms with E-state index in [1.807, 2.05) is 50.3 Å². The van der Waals surface area contributed by atoms with Gasteiger partial charge in [-0.15, -0.1) is 5.10 Å². The lowest BCUT2D eigenvalue weighted by Crippen LogP contribution is -2.35. The summed E-state index contributed by atoms with van der Waals surface area (Å²) in [5.41, 5.74) is 3.84. The minimum Gasteiger partial charge on any atom is -0.493 e. The maximum atomic E-state index is 13.6. The first-order valence-corrected chi connectivity index (χ1v) is 14.8. The van der Waals surface area contributed by atoms with Gasteiger partial charge >= 0.3 is 0 Å². The van der Waals surface area contributed by atoms with Crippen LogP contribution in [0.1, 0.15) is 18.2 Å². The third-order valence-corrected chi connectivity index (χ3v) is 10.0. The van der Waals surface area contributed by atoms with Crippen molar-refractivity contribution < 1.29 is 17.5 Å². The number of rotatable bonds is 9. The highest BCUT2D eigenvalue weighted by molar-refractivity contribution is 7.89. The van der Waals surface area contributed by atoms with Crippen LogP contribution in [0.25, 0.3) is 11.8 Å². The van der Waals surface area contributed by atoms with Crippen LogP contribution in [0.3, 0.4) is 0 Å². The molecule has 11 heteroatoms. The van der Waals surface area contributed by atoms with Crippen LogP contribution in [0.2, 0.25) is 0 Å². The van der Waals surface area contributed by atoms with Crippen LogP contribution < -0.4 is 4.74 Å². The fourth-order valence-electron chi connectivity index (χ4n) is 6.04. The van der Waals surface area contributed by atoms with Gasteiger partial charge in [-0.05, 0) is 78.9 Å². The largest absolute Gasteiger partial charge is 0.493 e. The van der Waals surface area contributed by atoms with E-state index in [4.69, 9.17) is 4.74 Å². The summed E-state index contributed by atoms with van der Waals surface area (Å²) in [5.74, 6) is 0.587. The third-order valence-electron chi connectivity index (χ3n) is 8.36. The summed E-state index contributed by atoms with van der Waals surface area (Å²) >= 11 is 0. The number of allylic oxidation sites excluding steroid dienone is 1. The molecule has 1 saturated carbocycles. The Hall–Kier alpha value is -4.09. The molecule has 2 aromatic heterocycles. The van der Waals surface area contributed by atoms with Gasteiger partial charge in [-0.2, -0.15) is 19.3 Å². The van der Waals surface area contributed by atoms with Crippen LogP contribution >= 0.6 is 0 Å². The number of fused-ring (bicyclic) bond motifs is 1. The number of para-hydroxylation sites is 1. The lowest BCUT2D eigenvalue weighted by molar-refractivity contribution is 0.255. The van der Waals surface area contributed by atoms with Gasteiger partial charge in [0.2, 0.25) is 5.03 Å². The summed E-state index contributed by atoms with van der Waals surface area (Å²) < 4.78 is 49.9. The molecule has 1 aliphatic carbocycles. The average Bonchev–Trinajstić information content (AvgIpc) is 3.38. The van der Waals surface area contributed by atoms with E-state index in [1.165, 1.54) is 27.4 Å². The van der Waals surface area contributed by atoms with Crippen LogP contribution in [-0.2, 0) is 17.1 Å². The van der Waals surface area contributed by atoms with Gasteiger partial charge in [-0.3, -0.25) is 0 Å². The van der Waals surface area contributed by atoms with Gasteiger partial charge in [0.25, 0.3) is 10.0 Å². The Bertz CT molecular complexity index is 1750. The monoisotopic (exact) mass is 574 g/mol. The zero-order chi connectivity index (χ0) is 28.9. The molecule has 212 valence electrons. The molecule has 3 atom stereocenters. The number of aromatic nitrogens is 5. The molecule has 0 radical (unpaired) electrons. The first-order valence-electron chi connectivity index (χ1n) is 13.3. The van der Waals surface area contributed by atoms with Crippen molar-refractivity contribution >= 4 is 16.1 Å². The van der Waals surface area contributed by atoms with Gasteiger partial charge in [0.15, 0.2) is 0 Å². The molecule has 41 heavy (non-hydrogen) atoms. The van der Waals surface area contributed by atoms with Crippen molar-refractivity contribution in [2.24, 2.45) is 24.3 Å². The number of halogens is 1. The van der Waals surface area contributed by atoms with Gasteiger partial charge in [-0.1, -0.05) is 24.8 Å². The normalized spacial score (nSPS) is 22.5. The van der Waals surface area contributed by atoms with Gasteiger partial charge in [0.1, 0.15) is 11.6 Å². The lowest BCUT2D eigenvalue weighted by Gasteiger charge is -2.25. The highest BCUT2D eigenvalue weighted by Crippen LogP contribution is 2.68. The summed E-state index contributed by atoms with van der Waals surface area (Å²) in [7, 11) is -2.23. The first kappa shape index (κ1) is 27.1. The molecule has 1 saturated heterocycles. The molecule has 0 amide bonds. The number of hydrogen-bond acceptors (Lipinski definition) is 6. The van der Waals surface area contributed by atoms with E-state index in [2.05, 4.69) is 21.9 Å². The van der Waals surface area contributed by atoms with Crippen molar-refractivity contribution in [2.75, 3.05) is 19.7 Å². The van der Waals surface area contributed by atoms with Crippen LogP contribution in [0, 0.1) is 30.0 Å². The number of hydrogen-bond donors (Lipinski definition) is 0. The Labute approximate surface area is 238 Å². The quantitative estimate of drug-likeness (QED) is 0.275. The average molecular weight is 575 g/mol. The Kier molecular flexibility index (Phi) is 6.66. The predicted octanol–water partition coefficient (Wildman–Crippen LogP) is 4.42. The minimum absolute atomic E-state index is 0.0385. The number of piperidine rings is 1. The van der Waals surface area contributed by atoms with E-state index in [9.17, 15) is 12.8 Å². The second-order valence-electron chi connectivity index (χ2n) is 10.8. The molecule has 0 unspecified atom stereocenters. The van der Waals surface area contributed by atoms with E-state index in [0.717, 1.165) is 33.8 Å². The molecule has 2 aromatic carbocycles. The smallest absolute Gasteiger partial charge is 0.264 e. The SMILES string of the molecule is C=C(/C(C)=C\c1c(C)cnn1-c1ccc(F)cc1)[C@]12CN(S(=O)(=O)c3cnn(C)n3)C[C@H]1[C@@H]2COc1ccccc1. The summed E-state index contributed by atoms with van der Waals surface area (Å²) in [4.78, 5) is 1.24. The molecular formula is C30H31FN6O3S. The minimum atomic E-state index is -3.82. The van der Waals surface area contributed by atoms with E-state index in [-0.39, 0.29) is 29.2 Å². The van der Waals surface area contributed by atoms with Gasteiger partial charge in [0.05, 0.1) is 30.4 Å². The van der Waals surface area contributed by atoms with Crippen molar-refractivity contribution in [2.45, 2.75) is 18.9 Å². The number of sulfonamides is 1. The van der Waals surface area contributed by atoms with Crippen molar-refractivity contribution in [1.29, 1.82) is 0 Å². The summed E-state index contributed by atoms with van der Waals surface area (Å²) in [6, 6.07) is 15.8. The summed E-state index contributed by atoms with van der Waals surface area (Å²) in [5, 5.41) is 12.5. The van der Waals surface area contributed by atoms with Gasteiger partial charge in [0, 0.05) is 31.5 Å². The van der Waals surface area contributed by atoms with Crippen LogP contribution in [0.15, 0.2) is 89.7 Å². The zero-order valence-corrected chi connectivity index (χ0v) is 23.9. The Morgan fingerprint density at radius 2 is 1.88 bits per heavy atom. The molecule has 4 aromatic rings. The predicted molar refractivity (Wildman–Crippen MR) is 152 cm³/mol. The summed E-state index contributed by atoms with van der Waals surface area (Å²) in [6.07, 6.45) is 5.07. The fourth-order valence-corrected chi connectivity index (χ4v) is 7.45. The second kappa shape index (κ2) is 10.1. The zero-order valence-electron chi connectivity index (χ0n) is 23.1. The molecule has 3 heterocycles. The molecule has 0 N–H and O–H groups in total. The first-order chi connectivity index (χ1) is 19.6.